The first-order chi connectivity index (χ1) is 11.0. The summed E-state index contributed by atoms with van der Waals surface area (Å²) in [5, 5.41) is 15.3. The van der Waals surface area contributed by atoms with E-state index < -0.39 is 6.10 Å². The van der Waals surface area contributed by atoms with Gasteiger partial charge >= 0.3 is 0 Å². The second-order valence-corrected chi connectivity index (χ2v) is 5.95. The lowest BCUT2D eigenvalue weighted by atomic mass is 10.1. The van der Waals surface area contributed by atoms with Crippen LogP contribution in [0.15, 0.2) is 24.3 Å². The molecule has 1 aromatic carbocycles. The minimum Gasteiger partial charge on any atom is -0.389 e. The van der Waals surface area contributed by atoms with Crippen LogP contribution in [0.25, 0.3) is 0 Å². The molecule has 126 valence electrons. The smallest absolute Gasteiger partial charge is 0.150 e. The predicted octanol–water partition coefficient (Wildman–Crippen LogP) is 3.20. The van der Waals surface area contributed by atoms with Gasteiger partial charge in [0.2, 0.25) is 0 Å². The first-order valence-corrected chi connectivity index (χ1v) is 8.39. The number of aromatic nitrogens is 3. The number of aryl methyl sites for hydroxylation is 2. The van der Waals surface area contributed by atoms with Crippen LogP contribution in [-0.2, 0) is 24.1 Å². The number of aliphatic hydroxyl groups is 1. The molecule has 1 aromatic heterocycles. The Hall–Kier alpha value is -1.43. The maximum atomic E-state index is 10.2. The molecule has 23 heavy (non-hydrogen) atoms. The van der Waals surface area contributed by atoms with Crippen LogP contribution in [0.2, 0.25) is 5.02 Å². The van der Waals surface area contributed by atoms with Crippen LogP contribution >= 0.6 is 11.6 Å². The Morgan fingerprint density at radius 3 is 2.52 bits per heavy atom. The number of halogens is 1. The zero-order valence-corrected chi connectivity index (χ0v) is 14.6. The van der Waals surface area contributed by atoms with Crippen LogP contribution in [0.4, 0.5) is 0 Å². The van der Waals surface area contributed by atoms with Gasteiger partial charge in [-0.3, -0.25) is 0 Å². The van der Waals surface area contributed by atoms with Gasteiger partial charge in [0, 0.05) is 17.9 Å². The summed E-state index contributed by atoms with van der Waals surface area (Å²) in [6.45, 7) is 6.65. The van der Waals surface area contributed by atoms with Crippen molar-refractivity contribution in [1.29, 1.82) is 0 Å². The largest absolute Gasteiger partial charge is 0.389 e. The Kier molecular flexibility index (Phi) is 6.57. The number of nitrogens with zero attached hydrogens (tertiary/aromatic N) is 3. The molecule has 5 nitrogen and oxygen atoms in total. The lowest BCUT2D eigenvalue weighted by Gasteiger charge is -2.17. The fourth-order valence-corrected chi connectivity index (χ4v) is 2.45. The molecule has 2 atom stereocenters. The van der Waals surface area contributed by atoms with Gasteiger partial charge in [-0.05, 0) is 24.6 Å². The molecule has 0 saturated heterocycles. The fraction of sp³-hybridized carbons (Fsp3) is 0.529. The molecular formula is C17H24ClN3O2. The lowest BCUT2D eigenvalue weighted by Crippen LogP contribution is -2.24. The molecule has 0 fully saturated rings. The monoisotopic (exact) mass is 337 g/mol. The Labute approximate surface area is 142 Å². The first-order valence-electron chi connectivity index (χ1n) is 8.01. The molecule has 1 heterocycles. The fourth-order valence-electron chi connectivity index (χ4n) is 2.32. The van der Waals surface area contributed by atoms with Crippen LogP contribution in [0.1, 0.15) is 44.1 Å². The molecule has 0 amide bonds. The number of hydrogen-bond acceptors (Lipinski definition) is 4. The Balaban J connectivity index is 1.88. The summed E-state index contributed by atoms with van der Waals surface area (Å²) >= 11 is 5.88. The molecule has 0 radical (unpaired) electrons. The third kappa shape index (κ3) is 5.03. The SMILES string of the molecule is CCc1nc(CC)n(CC(O)COC(C)c2ccc(Cl)cc2)n1. The minimum absolute atomic E-state index is 0.102. The van der Waals surface area contributed by atoms with Crippen molar-refractivity contribution in [2.45, 2.75) is 52.4 Å². The number of benzene rings is 1. The van der Waals surface area contributed by atoms with Gasteiger partial charge < -0.3 is 9.84 Å². The highest BCUT2D eigenvalue weighted by molar-refractivity contribution is 6.30. The van der Waals surface area contributed by atoms with E-state index in [2.05, 4.69) is 10.1 Å². The first kappa shape index (κ1) is 17.9. The summed E-state index contributed by atoms with van der Waals surface area (Å²) in [6.07, 6.45) is 0.859. The van der Waals surface area contributed by atoms with Gasteiger partial charge in [-0.2, -0.15) is 5.10 Å². The van der Waals surface area contributed by atoms with E-state index in [9.17, 15) is 5.11 Å². The highest BCUT2D eigenvalue weighted by Crippen LogP contribution is 2.19. The second kappa shape index (κ2) is 8.43. The molecular weight excluding hydrogens is 314 g/mol. The molecule has 0 aliphatic heterocycles. The van der Waals surface area contributed by atoms with Crippen molar-refractivity contribution in [2.24, 2.45) is 0 Å². The van der Waals surface area contributed by atoms with Gasteiger partial charge in [0.05, 0.1) is 25.4 Å². The number of rotatable bonds is 8. The van der Waals surface area contributed by atoms with E-state index in [1.807, 2.05) is 45.0 Å². The van der Waals surface area contributed by atoms with Crippen LogP contribution in [-0.4, -0.2) is 32.6 Å². The summed E-state index contributed by atoms with van der Waals surface area (Å²) in [5.41, 5.74) is 1.03. The van der Waals surface area contributed by atoms with Gasteiger partial charge in [0.25, 0.3) is 0 Å². The van der Waals surface area contributed by atoms with Gasteiger partial charge in [0.15, 0.2) is 5.82 Å². The third-order valence-corrected chi connectivity index (χ3v) is 3.94. The summed E-state index contributed by atoms with van der Waals surface area (Å²) in [5.74, 6) is 1.70. The minimum atomic E-state index is -0.624. The summed E-state index contributed by atoms with van der Waals surface area (Å²) in [7, 11) is 0. The van der Waals surface area contributed by atoms with E-state index in [1.54, 1.807) is 4.68 Å². The molecule has 0 saturated carbocycles. The second-order valence-electron chi connectivity index (χ2n) is 5.51. The molecule has 2 aromatic rings. The van der Waals surface area contributed by atoms with Gasteiger partial charge in [-0.1, -0.05) is 37.6 Å². The van der Waals surface area contributed by atoms with Crippen LogP contribution in [0, 0.1) is 0 Å². The normalized spacial score (nSPS) is 14.0. The maximum Gasteiger partial charge on any atom is 0.150 e. The van der Waals surface area contributed by atoms with Gasteiger partial charge in [0.1, 0.15) is 5.82 Å². The summed E-state index contributed by atoms with van der Waals surface area (Å²) < 4.78 is 7.53. The Morgan fingerprint density at radius 2 is 1.91 bits per heavy atom. The van der Waals surface area contributed by atoms with Crippen molar-refractivity contribution in [1.82, 2.24) is 14.8 Å². The van der Waals surface area contributed by atoms with Crippen LogP contribution in [0.5, 0.6) is 0 Å². The van der Waals surface area contributed by atoms with Gasteiger partial charge in [-0.15, -0.1) is 0 Å². The molecule has 1 N–H and O–H groups in total. The standard InChI is InChI=1S/C17H24ClN3O2/c1-4-16-19-17(5-2)21(20-16)10-15(22)11-23-12(3)13-6-8-14(18)9-7-13/h6-9,12,15,22H,4-5,10-11H2,1-3H3. The van der Waals surface area contributed by atoms with Crippen molar-refractivity contribution >= 4 is 11.6 Å². The molecule has 2 rings (SSSR count). The van der Waals surface area contributed by atoms with Crippen LogP contribution in [0.3, 0.4) is 0 Å². The van der Waals surface area contributed by atoms with Crippen LogP contribution < -0.4 is 0 Å². The molecule has 0 aliphatic rings. The molecule has 0 bridgehead atoms. The zero-order valence-electron chi connectivity index (χ0n) is 13.9. The topological polar surface area (TPSA) is 60.2 Å². The highest BCUT2D eigenvalue weighted by atomic mass is 35.5. The Bertz CT molecular complexity index is 613. The number of hydrogen-bond donors (Lipinski definition) is 1. The quantitative estimate of drug-likeness (QED) is 0.803. The summed E-state index contributed by atoms with van der Waals surface area (Å²) in [4.78, 5) is 4.44. The zero-order chi connectivity index (χ0) is 16.8. The average molecular weight is 338 g/mol. The molecule has 0 spiro atoms. The van der Waals surface area contributed by atoms with E-state index in [1.165, 1.54) is 0 Å². The van der Waals surface area contributed by atoms with Gasteiger partial charge in [-0.25, -0.2) is 9.67 Å². The van der Waals surface area contributed by atoms with Crippen molar-refractivity contribution < 1.29 is 9.84 Å². The van der Waals surface area contributed by atoms with Crippen molar-refractivity contribution in [3.8, 4) is 0 Å². The Morgan fingerprint density at radius 1 is 1.22 bits per heavy atom. The predicted molar refractivity (Wildman–Crippen MR) is 90.6 cm³/mol. The maximum absolute atomic E-state index is 10.2. The van der Waals surface area contributed by atoms with Crippen molar-refractivity contribution in [3.05, 3.63) is 46.5 Å². The van der Waals surface area contributed by atoms with E-state index >= 15 is 0 Å². The van der Waals surface area contributed by atoms with Crippen molar-refractivity contribution in [3.63, 3.8) is 0 Å². The summed E-state index contributed by atoms with van der Waals surface area (Å²) in [6, 6.07) is 7.53. The number of ether oxygens (including phenoxy) is 1. The van der Waals surface area contributed by atoms with E-state index in [4.69, 9.17) is 16.3 Å². The molecule has 2 unspecified atom stereocenters. The lowest BCUT2D eigenvalue weighted by molar-refractivity contribution is -0.0103. The molecule has 6 heteroatoms. The van der Waals surface area contributed by atoms with E-state index in [0.717, 1.165) is 30.1 Å². The average Bonchev–Trinajstić information content (AvgIpc) is 2.95. The van der Waals surface area contributed by atoms with Crippen molar-refractivity contribution in [2.75, 3.05) is 6.61 Å². The third-order valence-electron chi connectivity index (χ3n) is 3.69. The highest BCUT2D eigenvalue weighted by Gasteiger charge is 2.14. The number of aliphatic hydroxyl groups excluding tert-OH is 1. The van der Waals surface area contributed by atoms with E-state index in [-0.39, 0.29) is 12.7 Å². The van der Waals surface area contributed by atoms with E-state index in [0.29, 0.717) is 11.6 Å². The molecule has 0 aliphatic carbocycles.